The monoisotopic (exact) mass is 389 g/mol. The molecule has 1 saturated heterocycles. The average Bonchev–Trinajstić information content (AvgIpc) is 3.38. The number of amides is 4. The Labute approximate surface area is 166 Å². The molecule has 2 aromatic carbocycles. The van der Waals surface area contributed by atoms with Gasteiger partial charge in [-0.2, -0.15) is 0 Å². The summed E-state index contributed by atoms with van der Waals surface area (Å²) in [6, 6.07) is 14.6. The number of aromatic nitrogens is 2. The van der Waals surface area contributed by atoms with Gasteiger partial charge in [0.05, 0.1) is 17.6 Å². The van der Waals surface area contributed by atoms with Gasteiger partial charge in [-0.05, 0) is 36.1 Å². The van der Waals surface area contributed by atoms with Gasteiger partial charge in [0.1, 0.15) is 17.9 Å². The molecule has 1 fully saturated rings. The van der Waals surface area contributed by atoms with Crippen LogP contribution in [0.1, 0.15) is 23.4 Å². The van der Waals surface area contributed by atoms with Crippen LogP contribution in [0.3, 0.4) is 0 Å². The van der Waals surface area contributed by atoms with Crippen LogP contribution in [0.4, 0.5) is 4.79 Å². The van der Waals surface area contributed by atoms with Crippen molar-refractivity contribution in [1.29, 1.82) is 0 Å². The van der Waals surface area contributed by atoms with Crippen molar-refractivity contribution in [3.63, 3.8) is 0 Å². The number of imide groups is 1. The molecule has 146 valence electrons. The number of fused-ring (bicyclic) bond motifs is 3. The van der Waals surface area contributed by atoms with E-state index >= 15 is 0 Å². The first-order valence-corrected chi connectivity index (χ1v) is 9.50. The lowest BCUT2D eigenvalue weighted by molar-refractivity contribution is -0.135. The van der Waals surface area contributed by atoms with Crippen LogP contribution < -0.4 is 10.6 Å². The Bertz CT molecular complexity index is 1120. The first-order chi connectivity index (χ1) is 14.1. The number of hydrogen-bond donors (Lipinski definition) is 3. The van der Waals surface area contributed by atoms with E-state index in [0.29, 0.717) is 18.7 Å². The number of nitrogens with zero attached hydrogens (tertiary/aromatic N) is 2. The standard InChI is InChI=1S/C21H19N5O3/c27-18(22-11-17-23-15-7-3-4-8-16(15)24-17)12-26-19(28)21(25-20(26)29)10-9-13-5-1-2-6-14(13)21/h1-8H,9-12H2,(H,22,27)(H,23,24)(H,25,29). The summed E-state index contributed by atoms with van der Waals surface area (Å²) in [5, 5.41) is 5.54. The summed E-state index contributed by atoms with van der Waals surface area (Å²) in [5.41, 5.74) is 2.52. The van der Waals surface area contributed by atoms with Crippen LogP contribution in [0.2, 0.25) is 0 Å². The predicted molar refractivity (Wildman–Crippen MR) is 105 cm³/mol. The molecular weight excluding hydrogens is 370 g/mol. The number of para-hydroxylation sites is 2. The highest BCUT2D eigenvalue weighted by atomic mass is 16.2. The summed E-state index contributed by atoms with van der Waals surface area (Å²) in [6.45, 7) is -0.139. The van der Waals surface area contributed by atoms with E-state index in [2.05, 4.69) is 20.6 Å². The SMILES string of the molecule is O=C(CN1C(=O)NC2(CCc3ccccc32)C1=O)NCc1nc2ccccc2[nH]1. The number of rotatable bonds is 4. The smallest absolute Gasteiger partial charge is 0.325 e. The van der Waals surface area contributed by atoms with Gasteiger partial charge in [-0.25, -0.2) is 9.78 Å². The van der Waals surface area contributed by atoms with E-state index in [-0.39, 0.29) is 19.0 Å². The quantitative estimate of drug-likeness (QED) is 0.589. The molecule has 8 heteroatoms. The van der Waals surface area contributed by atoms with Crippen molar-refractivity contribution >= 4 is 28.9 Å². The number of nitrogens with one attached hydrogen (secondary N) is 3. The second-order valence-corrected chi connectivity index (χ2v) is 7.36. The maximum atomic E-state index is 13.1. The molecule has 0 bridgehead atoms. The zero-order chi connectivity index (χ0) is 20.0. The van der Waals surface area contributed by atoms with Crippen molar-refractivity contribution in [3.05, 3.63) is 65.5 Å². The minimum absolute atomic E-state index is 0.186. The molecule has 0 radical (unpaired) electrons. The van der Waals surface area contributed by atoms with Gasteiger partial charge in [0.25, 0.3) is 5.91 Å². The molecule has 0 saturated carbocycles. The molecule has 3 aromatic rings. The second-order valence-electron chi connectivity index (χ2n) is 7.36. The summed E-state index contributed by atoms with van der Waals surface area (Å²) < 4.78 is 0. The fourth-order valence-electron chi connectivity index (χ4n) is 4.20. The number of carbonyl (C=O) groups is 3. The topological polar surface area (TPSA) is 107 Å². The van der Waals surface area contributed by atoms with Crippen LogP contribution in [-0.4, -0.2) is 39.3 Å². The Morgan fingerprint density at radius 2 is 1.93 bits per heavy atom. The third kappa shape index (κ3) is 2.75. The number of benzene rings is 2. The van der Waals surface area contributed by atoms with E-state index in [1.165, 1.54) is 0 Å². The molecule has 8 nitrogen and oxygen atoms in total. The second kappa shape index (κ2) is 6.44. The zero-order valence-electron chi connectivity index (χ0n) is 15.6. The lowest BCUT2D eigenvalue weighted by atomic mass is 9.92. The molecule has 5 rings (SSSR count). The lowest BCUT2D eigenvalue weighted by Gasteiger charge is -2.22. The van der Waals surface area contributed by atoms with E-state index in [9.17, 15) is 14.4 Å². The van der Waals surface area contributed by atoms with E-state index in [1.54, 1.807) is 0 Å². The van der Waals surface area contributed by atoms with Gasteiger partial charge in [-0.15, -0.1) is 0 Å². The molecular formula is C21H19N5O3. The van der Waals surface area contributed by atoms with Crippen molar-refractivity contribution in [2.75, 3.05) is 6.54 Å². The fraction of sp³-hybridized carbons (Fsp3) is 0.238. The van der Waals surface area contributed by atoms with Crippen LogP contribution in [0.5, 0.6) is 0 Å². The Kier molecular flexibility index (Phi) is 3.87. The van der Waals surface area contributed by atoms with Crippen LogP contribution in [0.15, 0.2) is 48.5 Å². The summed E-state index contributed by atoms with van der Waals surface area (Å²) in [6.07, 6.45) is 1.22. The van der Waals surface area contributed by atoms with Gasteiger partial charge >= 0.3 is 6.03 Å². The minimum atomic E-state index is -1.05. The Morgan fingerprint density at radius 3 is 2.79 bits per heavy atom. The van der Waals surface area contributed by atoms with Crippen molar-refractivity contribution < 1.29 is 14.4 Å². The Hall–Kier alpha value is -3.68. The zero-order valence-corrected chi connectivity index (χ0v) is 15.6. The number of aromatic amines is 1. The summed E-state index contributed by atoms with van der Waals surface area (Å²) in [7, 11) is 0. The number of hydrogen-bond acceptors (Lipinski definition) is 4. The van der Waals surface area contributed by atoms with Gasteiger partial charge in [0.2, 0.25) is 5.91 Å². The fourth-order valence-corrected chi connectivity index (χ4v) is 4.20. The maximum Gasteiger partial charge on any atom is 0.325 e. The highest BCUT2D eigenvalue weighted by Gasteiger charge is 2.55. The molecule has 1 unspecified atom stereocenters. The van der Waals surface area contributed by atoms with E-state index < -0.39 is 17.5 Å². The minimum Gasteiger partial charge on any atom is -0.347 e. The molecule has 1 aromatic heterocycles. The van der Waals surface area contributed by atoms with Gasteiger partial charge < -0.3 is 15.6 Å². The van der Waals surface area contributed by atoms with Gasteiger partial charge in [0, 0.05) is 0 Å². The molecule has 2 heterocycles. The van der Waals surface area contributed by atoms with Crippen LogP contribution >= 0.6 is 0 Å². The molecule has 3 N–H and O–H groups in total. The first kappa shape index (κ1) is 17.4. The van der Waals surface area contributed by atoms with Crippen LogP contribution in [0.25, 0.3) is 11.0 Å². The maximum absolute atomic E-state index is 13.1. The summed E-state index contributed by atoms with van der Waals surface area (Å²) in [5.74, 6) is -0.179. The molecule has 1 atom stereocenters. The molecule has 1 aliphatic carbocycles. The van der Waals surface area contributed by atoms with Crippen molar-refractivity contribution in [2.45, 2.75) is 24.9 Å². The van der Waals surface area contributed by atoms with Gasteiger partial charge in [-0.3, -0.25) is 14.5 Å². The number of carbonyl (C=O) groups excluding carboxylic acids is 3. The molecule has 1 spiro atoms. The Morgan fingerprint density at radius 1 is 1.14 bits per heavy atom. The van der Waals surface area contributed by atoms with Crippen molar-refractivity contribution in [2.24, 2.45) is 0 Å². The van der Waals surface area contributed by atoms with Gasteiger partial charge in [-0.1, -0.05) is 36.4 Å². The largest absolute Gasteiger partial charge is 0.347 e. The van der Waals surface area contributed by atoms with E-state index in [4.69, 9.17) is 0 Å². The van der Waals surface area contributed by atoms with Crippen LogP contribution in [-0.2, 0) is 28.1 Å². The number of aryl methyl sites for hydroxylation is 1. The van der Waals surface area contributed by atoms with E-state index in [1.807, 2.05) is 48.5 Å². The number of urea groups is 1. The highest BCUT2D eigenvalue weighted by molar-refractivity contribution is 6.09. The number of imidazole rings is 1. The summed E-state index contributed by atoms with van der Waals surface area (Å²) >= 11 is 0. The van der Waals surface area contributed by atoms with Crippen molar-refractivity contribution in [3.8, 4) is 0 Å². The average molecular weight is 389 g/mol. The first-order valence-electron chi connectivity index (χ1n) is 9.50. The molecule has 4 amide bonds. The summed E-state index contributed by atoms with van der Waals surface area (Å²) in [4.78, 5) is 46.5. The number of H-pyrrole nitrogens is 1. The predicted octanol–water partition coefficient (Wildman–Crippen LogP) is 1.57. The highest BCUT2D eigenvalue weighted by Crippen LogP contribution is 2.41. The molecule has 2 aliphatic rings. The van der Waals surface area contributed by atoms with Crippen LogP contribution in [0, 0.1) is 0 Å². The molecule has 29 heavy (non-hydrogen) atoms. The molecule has 1 aliphatic heterocycles. The van der Waals surface area contributed by atoms with Crippen molar-refractivity contribution in [1.82, 2.24) is 25.5 Å². The Balaban J connectivity index is 1.27. The third-order valence-electron chi connectivity index (χ3n) is 5.62. The lowest BCUT2D eigenvalue weighted by Crippen LogP contribution is -2.43. The third-order valence-corrected chi connectivity index (χ3v) is 5.62. The normalized spacial score (nSPS) is 20.3. The van der Waals surface area contributed by atoms with Gasteiger partial charge in [0.15, 0.2) is 0 Å². The van der Waals surface area contributed by atoms with E-state index in [0.717, 1.165) is 27.1 Å².